The highest BCUT2D eigenvalue weighted by atomic mass is 32.2. The maximum Gasteiger partial charge on any atom is 0.419 e. The van der Waals surface area contributed by atoms with Gasteiger partial charge in [-0.2, -0.15) is 18.3 Å². The van der Waals surface area contributed by atoms with Crippen molar-refractivity contribution in [2.75, 3.05) is 4.72 Å². The molecule has 0 bridgehead atoms. The van der Waals surface area contributed by atoms with Crippen LogP contribution in [0, 0.1) is 19.7 Å². The summed E-state index contributed by atoms with van der Waals surface area (Å²) in [7, 11) is -4.40. The first kappa shape index (κ1) is 19.9. The van der Waals surface area contributed by atoms with E-state index in [4.69, 9.17) is 0 Å². The van der Waals surface area contributed by atoms with Gasteiger partial charge < -0.3 is 0 Å². The molecule has 148 valence electrons. The third kappa shape index (κ3) is 3.72. The summed E-state index contributed by atoms with van der Waals surface area (Å²) in [6, 6.07) is 10.4. The van der Waals surface area contributed by atoms with E-state index in [1.54, 1.807) is 38.1 Å². The summed E-state index contributed by atoms with van der Waals surface area (Å²) in [5, 5.41) is 4.28. The van der Waals surface area contributed by atoms with E-state index in [2.05, 4.69) is 9.82 Å². The molecule has 0 aliphatic heterocycles. The Hall–Kier alpha value is -2.88. The largest absolute Gasteiger partial charge is 0.419 e. The molecule has 3 rings (SSSR count). The fraction of sp³-hybridized carbons (Fsp3) is 0.167. The van der Waals surface area contributed by atoms with Crippen LogP contribution in [0.4, 0.5) is 23.2 Å². The highest BCUT2D eigenvalue weighted by molar-refractivity contribution is 7.92. The number of hydrogen-bond donors (Lipinski definition) is 1. The molecule has 10 heteroatoms. The number of benzene rings is 2. The first-order valence-electron chi connectivity index (χ1n) is 8.02. The minimum Gasteiger partial charge on any atom is -0.276 e. The molecule has 1 heterocycles. The molecule has 0 aliphatic carbocycles. The van der Waals surface area contributed by atoms with Gasteiger partial charge in [0.25, 0.3) is 10.0 Å². The third-order valence-corrected chi connectivity index (χ3v) is 5.43. The SMILES string of the molecule is Cc1nn(-c2ccccc2)c(C)c1NS(=O)(=O)c1ccc(F)c(C(F)(F)F)c1. The Balaban J connectivity index is 2.02. The van der Waals surface area contributed by atoms with Crippen molar-refractivity contribution in [1.29, 1.82) is 0 Å². The van der Waals surface area contributed by atoms with Gasteiger partial charge >= 0.3 is 6.18 Å². The standard InChI is InChI=1S/C18H15F4N3O2S/c1-11-17(12(2)25(23-11)13-6-4-3-5-7-13)24-28(26,27)14-8-9-16(19)15(10-14)18(20,21)22/h3-10,24H,1-2H3. The van der Waals surface area contributed by atoms with Gasteiger partial charge in [0, 0.05) is 0 Å². The monoisotopic (exact) mass is 413 g/mol. The fourth-order valence-corrected chi connectivity index (χ4v) is 3.90. The molecule has 0 spiro atoms. The Morgan fingerprint density at radius 1 is 1.04 bits per heavy atom. The molecule has 0 saturated carbocycles. The summed E-state index contributed by atoms with van der Waals surface area (Å²) in [4.78, 5) is -0.701. The Morgan fingerprint density at radius 2 is 1.68 bits per heavy atom. The maximum absolute atomic E-state index is 13.5. The highest BCUT2D eigenvalue weighted by Crippen LogP contribution is 2.33. The number of rotatable bonds is 4. The van der Waals surface area contributed by atoms with Crippen molar-refractivity contribution < 1.29 is 26.0 Å². The normalized spacial score (nSPS) is 12.2. The number of anilines is 1. The van der Waals surface area contributed by atoms with Gasteiger partial charge in [-0.25, -0.2) is 17.5 Å². The Bertz CT molecular complexity index is 1120. The molecule has 0 radical (unpaired) electrons. The van der Waals surface area contributed by atoms with Gasteiger partial charge in [-0.15, -0.1) is 0 Å². The predicted molar refractivity (Wildman–Crippen MR) is 95.2 cm³/mol. The lowest BCUT2D eigenvalue weighted by atomic mass is 10.2. The third-order valence-electron chi connectivity index (χ3n) is 4.08. The first-order valence-corrected chi connectivity index (χ1v) is 9.50. The van der Waals surface area contributed by atoms with Crippen LogP contribution in [0.25, 0.3) is 5.69 Å². The molecule has 3 aromatic rings. The van der Waals surface area contributed by atoms with Crippen molar-refractivity contribution in [3.63, 3.8) is 0 Å². The molecule has 0 unspecified atom stereocenters. The summed E-state index contributed by atoms with van der Waals surface area (Å²) in [5.41, 5.74) is -0.0336. The van der Waals surface area contributed by atoms with Gasteiger partial charge in [0.05, 0.1) is 33.2 Å². The van der Waals surface area contributed by atoms with Crippen LogP contribution in [0.1, 0.15) is 17.0 Å². The molecule has 28 heavy (non-hydrogen) atoms. The zero-order valence-corrected chi connectivity index (χ0v) is 15.6. The average molecular weight is 413 g/mol. The van der Waals surface area contributed by atoms with Crippen molar-refractivity contribution in [3.05, 3.63) is 71.3 Å². The van der Waals surface area contributed by atoms with Crippen LogP contribution in [0.5, 0.6) is 0 Å². The van der Waals surface area contributed by atoms with Gasteiger partial charge in [-0.05, 0) is 44.2 Å². The number of nitrogens with zero attached hydrogens (tertiary/aromatic N) is 2. The van der Waals surface area contributed by atoms with Crippen LogP contribution < -0.4 is 4.72 Å². The number of aryl methyl sites for hydroxylation is 1. The second-order valence-corrected chi connectivity index (χ2v) is 7.72. The summed E-state index contributed by atoms with van der Waals surface area (Å²) >= 11 is 0. The smallest absolute Gasteiger partial charge is 0.276 e. The molecule has 2 aromatic carbocycles. The lowest BCUT2D eigenvalue weighted by Crippen LogP contribution is -2.16. The minimum atomic E-state index is -5.01. The minimum absolute atomic E-state index is 0.140. The van der Waals surface area contributed by atoms with Gasteiger partial charge in [-0.1, -0.05) is 18.2 Å². The van der Waals surface area contributed by atoms with Gasteiger partial charge in [0.1, 0.15) is 5.82 Å². The Morgan fingerprint density at radius 3 is 2.29 bits per heavy atom. The van der Waals surface area contributed by atoms with Crippen LogP contribution in [0.3, 0.4) is 0 Å². The first-order chi connectivity index (χ1) is 13.0. The average Bonchev–Trinajstić information content (AvgIpc) is 2.89. The van der Waals surface area contributed by atoms with Crippen LogP contribution in [0.15, 0.2) is 53.4 Å². The van der Waals surface area contributed by atoms with Crippen LogP contribution in [-0.4, -0.2) is 18.2 Å². The van der Waals surface area contributed by atoms with Crippen LogP contribution in [-0.2, 0) is 16.2 Å². The molecule has 0 atom stereocenters. The van der Waals surface area contributed by atoms with Crippen LogP contribution >= 0.6 is 0 Å². The molecule has 0 aliphatic rings. The summed E-state index contributed by atoms with van der Waals surface area (Å²) in [6.45, 7) is 3.19. The van der Waals surface area contributed by atoms with Crippen molar-refractivity contribution in [1.82, 2.24) is 9.78 Å². The van der Waals surface area contributed by atoms with Gasteiger partial charge in [-0.3, -0.25) is 4.72 Å². The molecule has 0 amide bonds. The number of alkyl halides is 3. The molecular formula is C18H15F4N3O2S. The highest BCUT2D eigenvalue weighted by Gasteiger charge is 2.35. The Labute approximate surface area is 158 Å². The molecule has 0 fully saturated rings. The quantitative estimate of drug-likeness (QED) is 0.643. The van der Waals surface area contributed by atoms with E-state index in [0.29, 0.717) is 23.1 Å². The fourth-order valence-electron chi connectivity index (χ4n) is 2.69. The van der Waals surface area contributed by atoms with E-state index < -0.39 is 32.5 Å². The predicted octanol–water partition coefficient (Wildman–Crippen LogP) is 4.45. The zero-order chi connectivity index (χ0) is 20.7. The van der Waals surface area contributed by atoms with E-state index >= 15 is 0 Å². The van der Waals surface area contributed by atoms with Crippen molar-refractivity contribution >= 4 is 15.7 Å². The van der Waals surface area contributed by atoms with Crippen molar-refractivity contribution in [3.8, 4) is 5.69 Å². The molecular weight excluding hydrogens is 398 g/mol. The summed E-state index contributed by atoms with van der Waals surface area (Å²) < 4.78 is 81.1. The lowest BCUT2D eigenvalue weighted by Gasteiger charge is -2.12. The maximum atomic E-state index is 13.5. The van der Waals surface area contributed by atoms with Gasteiger partial charge in [0.2, 0.25) is 0 Å². The van der Waals surface area contributed by atoms with E-state index in [-0.39, 0.29) is 11.8 Å². The van der Waals surface area contributed by atoms with E-state index in [1.165, 1.54) is 4.68 Å². The van der Waals surface area contributed by atoms with E-state index in [0.717, 1.165) is 6.07 Å². The van der Waals surface area contributed by atoms with E-state index in [9.17, 15) is 26.0 Å². The number of hydrogen-bond acceptors (Lipinski definition) is 3. The topological polar surface area (TPSA) is 64.0 Å². The molecule has 1 N–H and O–H groups in total. The zero-order valence-electron chi connectivity index (χ0n) is 14.7. The van der Waals surface area contributed by atoms with Crippen molar-refractivity contribution in [2.24, 2.45) is 0 Å². The number of sulfonamides is 1. The van der Waals surface area contributed by atoms with Crippen LogP contribution in [0.2, 0.25) is 0 Å². The summed E-state index contributed by atoms with van der Waals surface area (Å²) in [6.07, 6.45) is -5.01. The van der Waals surface area contributed by atoms with Gasteiger partial charge in [0.15, 0.2) is 0 Å². The number of para-hydroxylation sites is 1. The second-order valence-electron chi connectivity index (χ2n) is 6.04. The number of halogens is 4. The molecule has 1 aromatic heterocycles. The lowest BCUT2D eigenvalue weighted by molar-refractivity contribution is -0.140. The molecule has 0 saturated heterocycles. The van der Waals surface area contributed by atoms with E-state index in [1.807, 2.05) is 6.07 Å². The number of nitrogens with one attached hydrogen (secondary N) is 1. The van der Waals surface area contributed by atoms with Crippen molar-refractivity contribution in [2.45, 2.75) is 24.9 Å². The summed E-state index contributed by atoms with van der Waals surface area (Å²) in [5.74, 6) is -1.55. The number of aromatic nitrogens is 2. The second kappa shape index (κ2) is 6.93. The Kier molecular flexibility index (Phi) is 4.92. The molecule has 5 nitrogen and oxygen atoms in total.